The number of hydrogen-bond acceptors (Lipinski definition) is 4. The van der Waals surface area contributed by atoms with Crippen LogP contribution in [0.2, 0.25) is 0 Å². The van der Waals surface area contributed by atoms with Crippen LogP contribution in [0.4, 0.5) is 5.69 Å². The first-order valence-electron chi connectivity index (χ1n) is 10.0. The fourth-order valence-electron chi connectivity index (χ4n) is 3.46. The Balaban J connectivity index is 0.00000300. The molecule has 6 nitrogen and oxygen atoms in total. The van der Waals surface area contributed by atoms with E-state index in [2.05, 4.69) is 52.1 Å². The lowest BCUT2D eigenvalue weighted by atomic mass is 10.1. The number of rotatable bonds is 6. The van der Waals surface area contributed by atoms with E-state index in [0.29, 0.717) is 0 Å². The molecule has 0 saturated carbocycles. The lowest BCUT2D eigenvalue weighted by Crippen LogP contribution is -2.52. The molecule has 0 aliphatic carbocycles. The molecule has 7 heteroatoms. The predicted molar refractivity (Wildman–Crippen MR) is 131 cm³/mol. The normalized spacial score (nSPS) is 14.4. The summed E-state index contributed by atoms with van der Waals surface area (Å²) in [6, 6.07) is 10.4. The van der Waals surface area contributed by atoms with Crippen LogP contribution in [-0.4, -0.2) is 62.2 Å². The number of nitrogens with zero attached hydrogens (tertiary/aromatic N) is 4. The molecule has 29 heavy (non-hydrogen) atoms. The second-order valence-electron chi connectivity index (χ2n) is 6.96. The minimum absolute atomic E-state index is 0. The molecule has 0 radical (unpaired) electrons. The second-order valence-corrected chi connectivity index (χ2v) is 6.96. The number of guanidine groups is 1. The Morgan fingerprint density at radius 1 is 1.14 bits per heavy atom. The maximum absolute atomic E-state index is 5.25. The lowest BCUT2D eigenvalue weighted by molar-refractivity contribution is 0.372. The van der Waals surface area contributed by atoms with Crippen molar-refractivity contribution in [2.45, 2.75) is 20.3 Å². The van der Waals surface area contributed by atoms with Crippen LogP contribution in [0, 0.1) is 6.92 Å². The van der Waals surface area contributed by atoms with Crippen LogP contribution in [-0.2, 0) is 6.42 Å². The largest absolute Gasteiger partial charge is 0.497 e. The van der Waals surface area contributed by atoms with Gasteiger partial charge in [-0.15, -0.1) is 24.0 Å². The number of aryl methyl sites for hydroxylation is 1. The second kappa shape index (κ2) is 11.8. The third kappa shape index (κ3) is 6.48. The van der Waals surface area contributed by atoms with Crippen LogP contribution in [0.5, 0.6) is 5.75 Å². The summed E-state index contributed by atoms with van der Waals surface area (Å²) in [5.74, 6) is 1.91. The highest BCUT2D eigenvalue weighted by molar-refractivity contribution is 14.0. The van der Waals surface area contributed by atoms with Gasteiger partial charge in [-0.1, -0.05) is 0 Å². The van der Waals surface area contributed by atoms with Gasteiger partial charge in [-0.2, -0.15) is 0 Å². The molecule has 1 N–H and O–H groups in total. The number of hydrogen-bond donors (Lipinski definition) is 1. The molecule has 158 valence electrons. The van der Waals surface area contributed by atoms with E-state index < -0.39 is 0 Å². The Hall–Kier alpha value is -2.03. The van der Waals surface area contributed by atoms with Crippen molar-refractivity contribution in [3.8, 4) is 5.75 Å². The zero-order valence-corrected chi connectivity index (χ0v) is 19.9. The van der Waals surface area contributed by atoms with Crippen LogP contribution in [0.3, 0.4) is 0 Å². The summed E-state index contributed by atoms with van der Waals surface area (Å²) in [6.07, 6.45) is 4.72. The summed E-state index contributed by atoms with van der Waals surface area (Å²) in [5.41, 5.74) is 3.80. The van der Waals surface area contributed by atoms with E-state index in [4.69, 9.17) is 9.73 Å². The zero-order valence-electron chi connectivity index (χ0n) is 17.6. The number of piperazine rings is 1. The van der Waals surface area contributed by atoms with Gasteiger partial charge >= 0.3 is 0 Å². The topological polar surface area (TPSA) is 53.0 Å². The summed E-state index contributed by atoms with van der Waals surface area (Å²) in [7, 11) is 1.70. The van der Waals surface area contributed by atoms with E-state index in [9.17, 15) is 0 Å². The smallest absolute Gasteiger partial charge is 0.194 e. The van der Waals surface area contributed by atoms with Crippen molar-refractivity contribution in [2.24, 2.45) is 4.99 Å². The predicted octanol–water partition coefficient (Wildman–Crippen LogP) is 3.35. The van der Waals surface area contributed by atoms with Gasteiger partial charge in [0.05, 0.1) is 7.11 Å². The van der Waals surface area contributed by atoms with Crippen molar-refractivity contribution in [3.05, 3.63) is 53.9 Å². The third-order valence-corrected chi connectivity index (χ3v) is 5.13. The fourth-order valence-corrected chi connectivity index (χ4v) is 3.46. The number of pyridine rings is 1. The number of ether oxygens (including phenoxy) is 1. The first-order chi connectivity index (χ1) is 13.7. The number of nitrogens with one attached hydrogen (secondary N) is 1. The first-order valence-corrected chi connectivity index (χ1v) is 10.0. The number of halogens is 1. The van der Waals surface area contributed by atoms with Crippen molar-refractivity contribution < 1.29 is 4.74 Å². The average Bonchev–Trinajstić information content (AvgIpc) is 2.75. The highest BCUT2D eigenvalue weighted by atomic mass is 127. The summed E-state index contributed by atoms with van der Waals surface area (Å²) >= 11 is 0. The summed E-state index contributed by atoms with van der Waals surface area (Å²) in [5, 5.41) is 3.45. The Labute approximate surface area is 191 Å². The van der Waals surface area contributed by atoms with E-state index in [1.54, 1.807) is 7.11 Å². The number of aliphatic imine (C=N–C) groups is 1. The summed E-state index contributed by atoms with van der Waals surface area (Å²) < 4.78 is 5.25. The number of methoxy groups -OCH3 is 1. The molecule has 1 saturated heterocycles. The summed E-state index contributed by atoms with van der Waals surface area (Å²) in [6.45, 7) is 9.79. The van der Waals surface area contributed by atoms with Gasteiger partial charge in [0.1, 0.15) is 5.75 Å². The van der Waals surface area contributed by atoms with Crippen LogP contribution in [0.25, 0.3) is 0 Å². The number of aromatic nitrogens is 1. The van der Waals surface area contributed by atoms with Crippen LogP contribution in [0.15, 0.2) is 47.7 Å². The van der Waals surface area contributed by atoms with Gasteiger partial charge in [-0.05, 0) is 61.7 Å². The van der Waals surface area contributed by atoms with Gasteiger partial charge in [-0.3, -0.25) is 9.98 Å². The molecule has 0 unspecified atom stereocenters. The zero-order chi connectivity index (χ0) is 19.8. The lowest BCUT2D eigenvalue weighted by Gasteiger charge is -2.37. The maximum atomic E-state index is 5.25. The van der Waals surface area contributed by atoms with E-state index in [-0.39, 0.29) is 24.0 Å². The van der Waals surface area contributed by atoms with E-state index in [1.807, 2.05) is 24.5 Å². The van der Waals surface area contributed by atoms with E-state index in [1.165, 1.54) is 16.8 Å². The molecule has 2 aromatic rings. The van der Waals surface area contributed by atoms with Crippen LogP contribution in [0.1, 0.15) is 18.1 Å². The minimum Gasteiger partial charge on any atom is -0.497 e. The standard InChI is InChI=1S/C22H31N5O.HI/c1-4-24-22(25-12-10-19-9-11-23-17-18(19)2)27-15-13-26(14-16-27)20-5-7-21(28-3)8-6-20;/h5-9,11,17H,4,10,12-16H2,1-3H3,(H,24,25);1H. The number of benzene rings is 1. The highest BCUT2D eigenvalue weighted by Gasteiger charge is 2.19. The Morgan fingerprint density at radius 3 is 2.48 bits per heavy atom. The Kier molecular flexibility index (Phi) is 9.50. The fraction of sp³-hybridized carbons (Fsp3) is 0.455. The molecule has 1 aromatic heterocycles. The molecule has 1 aliphatic heterocycles. The van der Waals surface area contributed by atoms with Crippen molar-refractivity contribution in [1.29, 1.82) is 0 Å². The molecule has 2 heterocycles. The molecular formula is C22H32IN5O. The Morgan fingerprint density at radius 2 is 1.86 bits per heavy atom. The molecule has 0 spiro atoms. The highest BCUT2D eigenvalue weighted by Crippen LogP contribution is 2.20. The van der Waals surface area contributed by atoms with Gasteiger partial charge in [0.2, 0.25) is 0 Å². The monoisotopic (exact) mass is 509 g/mol. The van der Waals surface area contributed by atoms with Gasteiger partial charge < -0.3 is 19.9 Å². The molecule has 0 atom stereocenters. The van der Waals surface area contributed by atoms with E-state index >= 15 is 0 Å². The molecule has 1 fully saturated rings. The van der Waals surface area contributed by atoms with Gasteiger partial charge in [-0.25, -0.2) is 0 Å². The minimum atomic E-state index is 0. The quantitative estimate of drug-likeness (QED) is 0.368. The van der Waals surface area contributed by atoms with Crippen LogP contribution >= 0.6 is 24.0 Å². The van der Waals surface area contributed by atoms with Crippen molar-refractivity contribution in [1.82, 2.24) is 15.2 Å². The van der Waals surface area contributed by atoms with Gasteiger partial charge in [0.25, 0.3) is 0 Å². The molecule has 1 aromatic carbocycles. The van der Waals surface area contributed by atoms with Gasteiger partial charge in [0, 0.05) is 57.3 Å². The third-order valence-electron chi connectivity index (χ3n) is 5.13. The first kappa shape index (κ1) is 23.3. The van der Waals surface area contributed by atoms with Crippen molar-refractivity contribution in [2.75, 3.05) is 51.3 Å². The molecule has 1 aliphatic rings. The van der Waals surface area contributed by atoms with Crippen molar-refractivity contribution >= 4 is 35.6 Å². The Bertz CT molecular complexity index is 773. The van der Waals surface area contributed by atoms with Gasteiger partial charge in [0.15, 0.2) is 5.96 Å². The van der Waals surface area contributed by atoms with Crippen LogP contribution < -0.4 is 15.0 Å². The molecule has 3 rings (SSSR count). The SMILES string of the molecule is CCNC(=NCCc1ccncc1C)N1CCN(c2ccc(OC)cc2)CC1.I. The molecular weight excluding hydrogens is 477 g/mol. The molecule has 0 amide bonds. The summed E-state index contributed by atoms with van der Waals surface area (Å²) in [4.78, 5) is 13.8. The average molecular weight is 509 g/mol. The number of anilines is 1. The van der Waals surface area contributed by atoms with Crippen molar-refractivity contribution in [3.63, 3.8) is 0 Å². The maximum Gasteiger partial charge on any atom is 0.194 e. The van der Waals surface area contributed by atoms with E-state index in [0.717, 1.165) is 57.4 Å². The molecule has 0 bridgehead atoms.